The molecule has 2 aliphatic heterocycles. The number of piperidine rings is 1. The summed E-state index contributed by atoms with van der Waals surface area (Å²) in [4.78, 5) is 36.6. The molecule has 0 radical (unpaired) electrons. The Morgan fingerprint density at radius 3 is 2.54 bits per heavy atom. The van der Waals surface area contributed by atoms with E-state index >= 15 is 0 Å². The molecule has 6 nitrogen and oxygen atoms in total. The number of alkyl halides is 3. The van der Waals surface area contributed by atoms with Gasteiger partial charge in [0, 0.05) is 13.0 Å². The molecular weight excluding hydrogens is 327 g/mol. The highest BCUT2D eigenvalue weighted by Crippen LogP contribution is 2.39. The van der Waals surface area contributed by atoms with Gasteiger partial charge in [0.05, 0.1) is 22.8 Å². The molecule has 0 aliphatic carbocycles. The minimum absolute atomic E-state index is 0.00606. The number of nitrogens with one attached hydrogen (secondary N) is 1. The van der Waals surface area contributed by atoms with E-state index in [2.05, 4.69) is 5.32 Å². The molecule has 3 rings (SSSR count). The number of nitrogens with zero attached hydrogens (tertiary/aromatic N) is 2. The predicted molar refractivity (Wildman–Crippen MR) is 72.2 cm³/mol. The van der Waals surface area contributed by atoms with E-state index in [4.69, 9.17) is 5.26 Å². The van der Waals surface area contributed by atoms with Crippen LogP contribution in [0.1, 0.15) is 39.9 Å². The Labute approximate surface area is 133 Å². The molecule has 0 saturated carbocycles. The summed E-state index contributed by atoms with van der Waals surface area (Å²) in [5.41, 5.74) is -1.88. The van der Waals surface area contributed by atoms with Crippen molar-refractivity contribution in [1.82, 2.24) is 10.2 Å². The molecule has 1 unspecified atom stereocenters. The van der Waals surface area contributed by atoms with Gasteiger partial charge >= 0.3 is 6.18 Å². The maximum Gasteiger partial charge on any atom is 0.417 e. The molecule has 1 aromatic carbocycles. The third kappa shape index (κ3) is 2.50. The van der Waals surface area contributed by atoms with Crippen molar-refractivity contribution in [1.29, 1.82) is 5.26 Å². The van der Waals surface area contributed by atoms with Gasteiger partial charge in [-0.2, -0.15) is 18.4 Å². The number of amides is 3. The quantitative estimate of drug-likeness (QED) is 0.783. The second kappa shape index (κ2) is 5.33. The maximum atomic E-state index is 13.2. The van der Waals surface area contributed by atoms with Crippen LogP contribution in [-0.2, 0) is 22.3 Å². The first-order chi connectivity index (χ1) is 11.2. The topological polar surface area (TPSA) is 90.3 Å². The van der Waals surface area contributed by atoms with Crippen molar-refractivity contribution in [2.45, 2.75) is 31.6 Å². The maximum absolute atomic E-state index is 13.2. The van der Waals surface area contributed by atoms with Crippen molar-refractivity contribution in [3.8, 4) is 6.07 Å². The van der Waals surface area contributed by atoms with Crippen molar-refractivity contribution >= 4 is 17.7 Å². The first-order valence-corrected chi connectivity index (χ1v) is 7.01. The Kier molecular flexibility index (Phi) is 3.55. The number of rotatable bonds is 1. The SMILES string of the molecule is N#Cc1cc2c(c(C(F)(F)F)c1)C(=O)N(C1CCC(=O)NC1=O)C2. The van der Waals surface area contributed by atoms with Crippen molar-refractivity contribution in [2.75, 3.05) is 0 Å². The van der Waals surface area contributed by atoms with Crippen LogP contribution >= 0.6 is 0 Å². The zero-order valence-electron chi connectivity index (χ0n) is 12.1. The van der Waals surface area contributed by atoms with Gasteiger partial charge in [-0.25, -0.2) is 0 Å². The largest absolute Gasteiger partial charge is 0.417 e. The first kappa shape index (κ1) is 16.0. The third-order valence-corrected chi connectivity index (χ3v) is 4.06. The summed E-state index contributed by atoms with van der Waals surface area (Å²) >= 11 is 0. The van der Waals surface area contributed by atoms with Crippen LogP contribution in [0, 0.1) is 11.3 Å². The summed E-state index contributed by atoms with van der Waals surface area (Å²) in [5, 5.41) is 11.0. The predicted octanol–water partition coefficient (Wildman–Crippen LogP) is 1.34. The minimum atomic E-state index is -4.80. The van der Waals surface area contributed by atoms with E-state index in [0.717, 1.165) is 4.90 Å². The lowest BCUT2D eigenvalue weighted by Gasteiger charge is -2.29. The molecule has 124 valence electrons. The summed E-state index contributed by atoms with van der Waals surface area (Å²) < 4.78 is 39.7. The van der Waals surface area contributed by atoms with Gasteiger partial charge in [-0.3, -0.25) is 19.7 Å². The Morgan fingerprint density at radius 1 is 1.25 bits per heavy atom. The molecule has 1 aromatic rings. The Hall–Kier alpha value is -2.89. The van der Waals surface area contributed by atoms with Gasteiger partial charge in [-0.1, -0.05) is 0 Å². The highest BCUT2D eigenvalue weighted by Gasteiger charge is 2.45. The standard InChI is InChI=1S/C15H10F3N3O3/c16-15(17,18)9-4-7(5-19)3-8-6-21(14(24)12(8)9)10-1-2-11(22)20-13(10)23/h3-4,10H,1-2,6H2,(H,20,22,23). The number of halogens is 3. The zero-order valence-corrected chi connectivity index (χ0v) is 12.1. The van der Waals surface area contributed by atoms with Crippen LogP contribution in [-0.4, -0.2) is 28.7 Å². The van der Waals surface area contributed by atoms with Crippen LogP contribution in [0.5, 0.6) is 0 Å². The van der Waals surface area contributed by atoms with Gasteiger partial charge in [0.1, 0.15) is 6.04 Å². The molecule has 2 aliphatic rings. The molecule has 1 saturated heterocycles. The molecule has 1 fully saturated rings. The lowest BCUT2D eigenvalue weighted by Crippen LogP contribution is -2.52. The van der Waals surface area contributed by atoms with Gasteiger partial charge < -0.3 is 4.90 Å². The van der Waals surface area contributed by atoms with Crippen molar-refractivity contribution in [3.63, 3.8) is 0 Å². The molecule has 24 heavy (non-hydrogen) atoms. The van der Waals surface area contributed by atoms with E-state index < -0.39 is 41.1 Å². The van der Waals surface area contributed by atoms with Gasteiger partial charge in [0.2, 0.25) is 11.8 Å². The molecule has 3 amide bonds. The van der Waals surface area contributed by atoms with Gasteiger partial charge in [-0.15, -0.1) is 0 Å². The smallest absolute Gasteiger partial charge is 0.322 e. The third-order valence-electron chi connectivity index (χ3n) is 4.06. The number of imide groups is 1. The van der Waals surface area contributed by atoms with Crippen LogP contribution in [0.4, 0.5) is 13.2 Å². The second-order valence-corrected chi connectivity index (χ2v) is 5.57. The summed E-state index contributed by atoms with van der Waals surface area (Å²) in [6.45, 7) is -0.209. The van der Waals surface area contributed by atoms with E-state index in [-0.39, 0.29) is 30.5 Å². The van der Waals surface area contributed by atoms with E-state index in [1.165, 1.54) is 6.07 Å². The van der Waals surface area contributed by atoms with E-state index in [1.807, 2.05) is 0 Å². The second-order valence-electron chi connectivity index (χ2n) is 5.57. The van der Waals surface area contributed by atoms with E-state index in [1.54, 1.807) is 6.07 Å². The van der Waals surface area contributed by atoms with Crippen molar-refractivity contribution in [2.24, 2.45) is 0 Å². The lowest BCUT2D eigenvalue weighted by molar-refractivity contribution is -0.138. The Bertz CT molecular complexity index is 811. The van der Waals surface area contributed by atoms with E-state index in [0.29, 0.717) is 6.07 Å². The number of fused-ring (bicyclic) bond motifs is 1. The molecule has 0 bridgehead atoms. The van der Waals surface area contributed by atoms with Crippen LogP contribution in [0.15, 0.2) is 12.1 Å². The normalized spacial score (nSPS) is 20.7. The number of hydrogen-bond acceptors (Lipinski definition) is 4. The fourth-order valence-corrected chi connectivity index (χ4v) is 3.00. The van der Waals surface area contributed by atoms with Crippen molar-refractivity contribution in [3.05, 3.63) is 34.4 Å². The molecular formula is C15H10F3N3O3. The average Bonchev–Trinajstić information content (AvgIpc) is 2.82. The van der Waals surface area contributed by atoms with Crippen LogP contribution in [0.25, 0.3) is 0 Å². The highest BCUT2D eigenvalue weighted by molar-refractivity contribution is 6.06. The van der Waals surface area contributed by atoms with Crippen LogP contribution in [0.3, 0.4) is 0 Å². The van der Waals surface area contributed by atoms with Gasteiger partial charge in [-0.05, 0) is 24.1 Å². The van der Waals surface area contributed by atoms with Gasteiger partial charge in [0.15, 0.2) is 0 Å². The highest BCUT2D eigenvalue weighted by atomic mass is 19.4. The zero-order chi connectivity index (χ0) is 17.6. The van der Waals surface area contributed by atoms with Crippen LogP contribution in [0.2, 0.25) is 0 Å². The number of nitriles is 1. The number of carbonyl (C=O) groups excluding carboxylic acids is 3. The van der Waals surface area contributed by atoms with E-state index in [9.17, 15) is 27.6 Å². The number of benzene rings is 1. The average molecular weight is 337 g/mol. The van der Waals surface area contributed by atoms with Gasteiger partial charge in [0.25, 0.3) is 5.91 Å². The first-order valence-electron chi connectivity index (χ1n) is 7.01. The van der Waals surface area contributed by atoms with Crippen LogP contribution < -0.4 is 5.32 Å². The lowest BCUT2D eigenvalue weighted by atomic mass is 9.99. The molecule has 0 spiro atoms. The summed E-state index contributed by atoms with van der Waals surface area (Å²) in [5.74, 6) is -2.11. The Morgan fingerprint density at radius 2 is 1.96 bits per heavy atom. The fourth-order valence-electron chi connectivity index (χ4n) is 3.00. The molecule has 0 aromatic heterocycles. The minimum Gasteiger partial charge on any atom is -0.322 e. The molecule has 1 atom stereocenters. The monoisotopic (exact) mass is 337 g/mol. The van der Waals surface area contributed by atoms with Crippen molar-refractivity contribution < 1.29 is 27.6 Å². The number of carbonyl (C=O) groups is 3. The summed E-state index contributed by atoms with van der Waals surface area (Å²) in [6.07, 6.45) is -4.74. The molecule has 1 N–H and O–H groups in total. The fraction of sp³-hybridized carbons (Fsp3) is 0.333. The summed E-state index contributed by atoms with van der Waals surface area (Å²) in [7, 11) is 0. The Balaban J connectivity index is 2.03. The molecule has 2 heterocycles. The summed E-state index contributed by atoms with van der Waals surface area (Å²) in [6, 6.07) is 2.48. The number of hydrogen-bond donors (Lipinski definition) is 1. The molecule has 9 heteroatoms.